The van der Waals surface area contributed by atoms with Crippen molar-refractivity contribution in [1.82, 2.24) is 30.1 Å². The number of rotatable bonds is 5. The first-order chi connectivity index (χ1) is 16.6. The van der Waals surface area contributed by atoms with E-state index in [0.717, 1.165) is 33.4 Å². The Kier molecular flexibility index (Phi) is 4.84. The summed E-state index contributed by atoms with van der Waals surface area (Å²) in [6.45, 7) is 4.09. The molecule has 0 bridgehead atoms. The molecule has 5 aromatic heterocycles. The van der Waals surface area contributed by atoms with Crippen LogP contribution in [0.5, 0.6) is 0 Å². The Balaban J connectivity index is 1.48. The number of hydrogen-bond acceptors (Lipinski definition) is 6. The molecular weight excluding hydrogens is 449 g/mol. The van der Waals surface area contributed by atoms with Crippen molar-refractivity contribution in [2.75, 3.05) is 5.32 Å². The van der Waals surface area contributed by atoms with Gasteiger partial charge in [-0.15, -0.1) is 0 Å². The molecule has 7 nitrogen and oxygen atoms in total. The fourth-order valence-corrected chi connectivity index (χ4v) is 4.74. The highest BCUT2D eigenvalue weighted by atomic mass is 32.1. The number of hydrogen-bond donors (Lipinski definition) is 3. The predicted molar refractivity (Wildman–Crippen MR) is 134 cm³/mol. The largest absolute Gasteiger partial charge is 0.382 e. The van der Waals surface area contributed by atoms with E-state index in [0.29, 0.717) is 28.2 Å². The molecule has 0 radical (unpaired) electrons. The maximum absolute atomic E-state index is 15.1. The predicted octanol–water partition coefficient (Wildman–Crippen LogP) is 6.25. The molecule has 5 heterocycles. The Morgan fingerprint density at radius 1 is 1.03 bits per heavy atom. The van der Waals surface area contributed by atoms with E-state index >= 15 is 4.39 Å². The van der Waals surface area contributed by atoms with Crippen molar-refractivity contribution in [3.63, 3.8) is 0 Å². The van der Waals surface area contributed by atoms with Gasteiger partial charge in [-0.1, -0.05) is 0 Å². The molecule has 0 aliphatic rings. The standard InChI is InChI=1S/C25H20FN7S/c1-13(2)29-16-7-15(10-27-11-16)17-8-18-21(9-19(17)26)32-33-23(18)25-30-20-3-5-28-22(24(20)31-25)14-4-6-34-12-14/h3-13,29H,1-2H3,(H,30,31)(H,32,33). The van der Waals surface area contributed by atoms with Gasteiger partial charge in [0.2, 0.25) is 0 Å². The SMILES string of the molecule is CC(C)Nc1cncc(-c2cc3c(-c4nc5c(-c6ccsc6)nccc5[nH]4)n[nH]c3cc2F)c1. The molecule has 3 N–H and O–H groups in total. The molecule has 0 fully saturated rings. The van der Waals surface area contributed by atoms with Gasteiger partial charge in [0.15, 0.2) is 5.82 Å². The molecule has 0 saturated carbocycles. The Labute approximate surface area is 198 Å². The van der Waals surface area contributed by atoms with Crippen LogP contribution >= 0.6 is 11.3 Å². The molecule has 0 unspecified atom stereocenters. The maximum Gasteiger partial charge on any atom is 0.159 e. The molecule has 168 valence electrons. The second kappa shape index (κ2) is 8.03. The highest BCUT2D eigenvalue weighted by Gasteiger charge is 2.18. The second-order valence-corrected chi connectivity index (χ2v) is 9.14. The second-order valence-electron chi connectivity index (χ2n) is 8.36. The van der Waals surface area contributed by atoms with Crippen molar-refractivity contribution >= 4 is 39.0 Å². The van der Waals surface area contributed by atoms with Crippen LogP contribution in [0, 0.1) is 5.82 Å². The van der Waals surface area contributed by atoms with Crippen LogP contribution in [0.4, 0.5) is 10.1 Å². The summed E-state index contributed by atoms with van der Waals surface area (Å²) in [6, 6.07) is 9.31. The number of fused-ring (bicyclic) bond motifs is 2. The van der Waals surface area contributed by atoms with Gasteiger partial charge in [0.05, 0.1) is 22.4 Å². The van der Waals surface area contributed by atoms with Crippen LogP contribution in [-0.4, -0.2) is 36.2 Å². The van der Waals surface area contributed by atoms with Crippen molar-refractivity contribution < 1.29 is 4.39 Å². The number of anilines is 1. The number of halogens is 1. The fourth-order valence-electron chi connectivity index (χ4n) is 4.10. The van der Waals surface area contributed by atoms with E-state index in [4.69, 9.17) is 4.98 Å². The van der Waals surface area contributed by atoms with Gasteiger partial charge in [-0.25, -0.2) is 9.37 Å². The summed E-state index contributed by atoms with van der Waals surface area (Å²) in [5.41, 5.74) is 6.65. The van der Waals surface area contributed by atoms with Gasteiger partial charge in [-0.2, -0.15) is 16.4 Å². The topological polar surface area (TPSA) is 95.2 Å². The Hall–Kier alpha value is -4.11. The minimum atomic E-state index is -0.347. The highest BCUT2D eigenvalue weighted by molar-refractivity contribution is 7.08. The number of pyridine rings is 2. The van der Waals surface area contributed by atoms with E-state index in [1.165, 1.54) is 6.07 Å². The number of benzene rings is 1. The van der Waals surface area contributed by atoms with Crippen molar-refractivity contribution in [1.29, 1.82) is 0 Å². The zero-order valence-electron chi connectivity index (χ0n) is 18.4. The van der Waals surface area contributed by atoms with Crippen LogP contribution in [0.15, 0.2) is 59.7 Å². The van der Waals surface area contributed by atoms with Gasteiger partial charge < -0.3 is 10.3 Å². The first kappa shape index (κ1) is 20.5. The molecule has 9 heteroatoms. The smallest absolute Gasteiger partial charge is 0.159 e. The van der Waals surface area contributed by atoms with E-state index in [2.05, 4.69) is 30.5 Å². The molecule has 6 aromatic rings. The molecule has 0 amide bonds. The molecule has 0 aliphatic heterocycles. The van der Waals surface area contributed by atoms with Crippen molar-refractivity contribution in [2.24, 2.45) is 0 Å². The molecule has 0 saturated heterocycles. The van der Waals surface area contributed by atoms with Gasteiger partial charge >= 0.3 is 0 Å². The lowest BCUT2D eigenvalue weighted by molar-refractivity contribution is 0.632. The van der Waals surface area contributed by atoms with Gasteiger partial charge in [0.1, 0.15) is 17.0 Å². The van der Waals surface area contributed by atoms with Crippen LogP contribution in [0.1, 0.15) is 13.8 Å². The molecule has 0 atom stereocenters. The van der Waals surface area contributed by atoms with E-state index < -0.39 is 0 Å². The number of nitrogens with zero attached hydrogens (tertiary/aromatic N) is 4. The minimum Gasteiger partial charge on any atom is -0.382 e. The van der Waals surface area contributed by atoms with Crippen LogP contribution in [0.3, 0.4) is 0 Å². The van der Waals surface area contributed by atoms with Gasteiger partial charge in [0, 0.05) is 58.2 Å². The van der Waals surface area contributed by atoms with E-state index in [1.54, 1.807) is 36.0 Å². The highest BCUT2D eigenvalue weighted by Crippen LogP contribution is 2.34. The number of imidazole rings is 1. The summed E-state index contributed by atoms with van der Waals surface area (Å²) < 4.78 is 15.1. The van der Waals surface area contributed by atoms with Gasteiger partial charge in [-0.3, -0.25) is 15.1 Å². The third-order valence-corrected chi connectivity index (χ3v) is 6.26. The van der Waals surface area contributed by atoms with E-state index in [-0.39, 0.29) is 11.9 Å². The van der Waals surface area contributed by atoms with Crippen LogP contribution < -0.4 is 5.32 Å². The summed E-state index contributed by atoms with van der Waals surface area (Å²) >= 11 is 1.61. The molecular formula is C25H20FN7S. The molecule has 0 spiro atoms. The number of nitrogens with one attached hydrogen (secondary N) is 3. The number of aromatic amines is 2. The minimum absolute atomic E-state index is 0.242. The summed E-state index contributed by atoms with van der Waals surface area (Å²) in [5, 5.41) is 15.5. The average Bonchev–Trinajstić information content (AvgIpc) is 3.57. The lowest BCUT2D eigenvalue weighted by Gasteiger charge is -2.11. The molecule has 6 rings (SSSR count). The van der Waals surface area contributed by atoms with Crippen molar-refractivity contribution in [2.45, 2.75) is 19.9 Å². The third-order valence-electron chi connectivity index (χ3n) is 5.57. The van der Waals surface area contributed by atoms with Crippen LogP contribution in [0.2, 0.25) is 0 Å². The summed E-state index contributed by atoms with van der Waals surface area (Å²) in [4.78, 5) is 17.0. The Morgan fingerprint density at radius 3 is 2.76 bits per heavy atom. The van der Waals surface area contributed by atoms with Crippen molar-refractivity contribution in [3.05, 3.63) is 65.5 Å². The summed E-state index contributed by atoms with van der Waals surface area (Å²) in [5.74, 6) is 0.247. The molecule has 34 heavy (non-hydrogen) atoms. The lowest BCUT2D eigenvalue weighted by atomic mass is 10.0. The zero-order chi connectivity index (χ0) is 23.2. The zero-order valence-corrected chi connectivity index (χ0v) is 19.2. The number of H-pyrrole nitrogens is 2. The van der Waals surface area contributed by atoms with E-state index in [9.17, 15) is 0 Å². The normalized spacial score (nSPS) is 11.6. The Morgan fingerprint density at radius 2 is 1.94 bits per heavy atom. The monoisotopic (exact) mass is 469 g/mol. The van der Waals surface area contributed by atoms with Crippen LogP contribution in [0.25, 0.3) is 55.8 Å². The third kappa shape index (κ3) is 3.50. The quantitative estimate of drug-likeness (QED) is 0.277. The Bertz CT molecular complexity index is 1630. The lowest BCUT2D eigenvalue weighted by Crippen LogP contribution is -2.09. The van der Waals surface area contributed by atoms with Crippen LogP contribution in [-0.2, 0) is 0 Å². The number of aromatic nitrogens is 6. The first-order valence-corrected chi connectivity index (χ1v) is 11.8. The van der Waals surface area contributed by atoms with Gasteiger partial charge in [-0.05, 0) is 43.5 Å². The summed E-state index contributed by atoms with van der Waals surface area (Å²) in [6.07, 6.45) is 5.16. The fraction of sp³-hybridized carbons (Fsp3) is 0.120. The molecule has 0 aliphatic carbocycles. The average molecular weight is 470 g/mol. The molecule has 1 aromatic carbocycles. The van der Waals surface area contributed by atoms with Crippen molar-refractivity contribution in [3.8, 4) is 33.9 Å². The number of thiophene rings is 1. The van der Waals surface area contributed by atoms with E-state index in [1.807, 2.05) is 42.8 Å². The summed E-state index contributed by atoms with van der Waals surface area (Å²) in [7, 11) is 0. The van der Waals surface area contributed by atoms with Gasteiger partial charge in [0.25, 0.3) is 0 Å². The first-order valence-electron chi connectivity index (χ1n) is 10.8. The maximum atomic E-state index is 15.1.